The molecule has 1 N–H and O–H groups in total. The molecule has 1 aliphatic carbocycles. The van der Waals surface area contributed by atoms with Crippen LogP contribution in [0.1, 0.15) is 45.5 Å². The second-order valence-electron chi connectivity index (χ2n) is 8.39. The molecule has 164 valence electrons. The van der Waals surface area contributed by atoms with E-state index in [1.807, 2.05) is 31.2 Å². The quantitative estimate of drug-likeness (QED) is 0.575. The van der Waals surface area contributed by atoms with Gasteiger partial charge in [-0.15, -0.1) is 0 Å². The Kier molecular flexibility index (Phi) is 6.08. The molecule has 3 aromatic rings. The number of hydrogen-bond donors (Lipinski definition) is 1. The molecule has 31 heavy (non-hydrogen) atoms. The number of ether oxygens (including phenoxy) is 1. The van der Waals surface area contributed by atoms with Crippen LogP contribution in [0.4, 0.5) is 10.9 Å². The average molecular weight is 439 g/mol. The molecule has 1 aliphatic heterocycles. The molecule has 0 amide bonds. The number of aryl methyl sites for hydroxylation is 1. The molecule has 2 aliphatic rings. The summed E-state index contributed by atoms with van der Waals surface area (Å²) in [6.45, 7) is 4.31. The fourth-order valence-electron chi connectivity index (χ4n) is 4.50. The predicted octanol–water partition coefficient (Wildman–Crippen LogP) is 5.08. The summed E-state index contributed by atoms with van der Waals surface area (Å²) in [7, 11) is 0. The number of anilines is 2. The van der Waals surface area contributed by atoms with Gasteiger partial charge in [0.1, 0.15) is 23.4 Å². The molecular weight excluding hydrogens is 408 g/mol. The molecule has 2 fully saturated rings. The lowest BCUT2D eigenvalue weighted by molar-refractivity contribution is 0.0766. The lowest BCUT2D eigenvalue weighted by atomic mass is 10.0. The molecule has 8 heteroatoms. The summed E-state index contributed by atoms with van der Waals surface area (Å²) in [5.74, 6) is 2.22. The van der Waals surface area contributed by atoms with Crippen LogP contribution in [0.25, 0.3) is 11.5 Å². The van der Waals surface area contributed by atoms with Gasteiger partial charge in [0.15, 0.2) is 5.82 Å². The van der Waals surface area contributed by atoms with Crippen molar-refractivity contribution in [3.8, 4) is 17.3 Å². The van der Waals surface area contributed by atoms with Gasteiger partial charge < -0.3 is 15.0 Å². The largest absolute Gasteiger partial charge is 0.489 e. The molecule has 4 heterocycles. The van der Waals surface area contributed by atoms with Crippen molar-refractivity contribution in [1.82, 2.24) is 24.2 Å². The van der Waals surface area contributed by atoms with Gasteiger partial charge >= 0.3 is 0 Å². The Morgan fingerprint density at radius 1 is 1.10 bits per heavy atom. The van der Waals surface area contributed by atoms with Gasteiger partial charge in [-0.2, -0.15) is 9.36 Å². The number of aromatic nitrogens is 4. The Bertz CT molecular complexity index is 1000. The minimum Gasteiger partial charge on any atom is -0.489 e. The Hall–Kier alpha value is -2.58. The van der Waals surface area contributed by atoms with Crippen LogP contribution in [-0.4, -0.2) is 49.5 Å². The van der Waals surface area contributed by atoms with Gasteiger partial charge in [0.25, 0.3) is 0 Å². The van der Waals surface area contributed by atoms with Crippen molar-refractivity contribution >= 4 is 22.5 Å². The van der Waals surface area contributed by atoms with Gasteiger partial charge in [0.05, 0.1) is 6.20 Å². The van der Waals surface area contributed by atoms with Crippen LogP contribution in [0, 0.1) is 6.92 Å². The van der Waals surface area contributed by atoms with E-state index in [4.69, 9.17) is 4.74 Å². The zero-order valence-electron chi connectivity index (χ0n) is 17.8. The summed E-state index contributed by atoms with van der Waals surface area (Å²) in [5.41, 5.74) is 1.80. The van der Waals surface area contributed by atoms with Gasteiger partial charge in [0.2, 0.25) is 5.13 Å². The number of nitrogens with zero attached hydrogens (tertiary/aromatic N) is 5. The molecule has 0 radical (unpaired) electrons. The van der Waals surface area contributed by atoms with Crippen LogP contribution in [-0.2, 0) is 0 Å². The highest BCUT2D eigenvalue weighted by molar-refractivity contribution is 7.09. The van der Waals surface area contributed by atoms with Crippen molar-refractivity contribution < 1.29 is 6.16 Å². The van der Waals surface area contributed by atoms with E-state index in [0.717, 1.165) is 54.8 Å². The molecule has 1 saturated carbocycles. The third-order valence-corrected chi connectivity index (χ3v) is 6.88. The van der Waals surface area contributed by atoms with Crippen molar-refractivity contribution in [2.45, 2.75) is 57.6 Å². The fraction of sp³-hybridized carbons (Fsp3) is 0.478. The first-order valence-corrected chi connectivity index (χ1v) is 11.9. The number of pyridine rings is 2. The lowest BCUT2D eigenvalue weighted by Crippen LogP contribution is -2.43. The van der Waals surface area contributed by atoms with Crippen LogP contribution < -0.4 is 10.1 Å². The minimum absolute atomic E-state index is 0. The highest BCUT2D eigenvalue weighted by Crippen LogP contribution is 2.28. The highest BCUT2D eigenvalue weighted by Gasteiger charge is 2.27. The Labute approximate surface area is 188 Å². The summed E-state index contributed by atoms with van der Waals surface area (Å²) < 4.78 is 10.6. The molecule has 1 saturated heterocycles. The fourth-order valence-corrected chi connectivity index (χ4v) is 5.08. The molecule has 0 spiro atoms. The maximum Gasteiger partial charge on any atom is 0.208 e. The second-order valence-corrected chi connectivity index (χ2v) is 9.14. The first kappa shape index (κ1) is 20.3. The Morgan fingerprint density at radius 3 is 2.68 bits per heavy atom. The molecule has 0 atom stereocenters. The van der Waals surface area contributed by atoms with Crippen LogP contribution in [0.15, 0.2) is 36.7 Å². The first-order chi connectivity index (χ1) is 15.2. The van der Waals surface area contributed by atoms with Gasteiger partial charge in [0, 0.05) is 38.3 Å². The third-order valence-electron chi connectivity index (χ3n) is 6.25. The smallest absolute Gasteiger partial charge is 0.208 e. The van der Waals surface area contributed by atoms with Crippen molar-refractivity contribution in [3.05, 3.63) is 42.2 Å². The van der Waals surface area contributed by atoms with Crippen LogP contribution in [0.5, 0.6) is 5.75 Å². The predicted molar refractivity (Wildman–Crippen MR) is 125 cm³/mol. The Balaban J connectivity index is 0.00000245. The average Bonchev–Trinajstić information content (AvgIpc) is 3.49. The number of hydrogen-bond acceptors (Lipinski definition) is 8. The minimum atomic E-state index is 0. The molecule has 0 bridgehead atoms. The summed E-state index contributed by atoms with van der Waals surface area (Å²) in [4.78, 5) is 16.1. The van der Waals surface area contributed by atoms with E-state index in [2.05, 4.69) is 29.5 Å². The van der Waals surface area contributed by atoms with E-state index in [-0.39, 0.29) is 7.53 Å². The number of likely N-dealkylation sites (tertiary alicyclic amines) is 1. The summed E-state index contributed by atoms with van der Waals surface area (Å²) in [6.07, 6.45) is 11.6. The summed E-state index contributed by atoms with van der Waals surface area (Å²) in [5, 5.41) is 3.93. The van der Waals surface area contributed by atoms with Crippen LogP contribution >= 0.6 is 11.5 Å². The first-order valence-electron chi connectivity index (χ1n) is 11.1. The Morgan fingerprint density at radius 2 is 1.94 bits per heavy atom. The molecule has 3 aromatic heterocycles. The van der Waals surface area contributed by atoms with Crippen molar-refractivity contribution in [2.24, 2.45) is 0 Å². The zero-order chi connectivity index (χ0) is 21.0. The van der Waals surface area contributed by atoms with E-state index < -0.39 is 0 Å². The standard InChI is InChI=1S/C23H28N6OS.H2/c1-16-5-4-12-24-21(16)26-23-27-22(28-31-23)20-9-8-19(15-25-20)30-18-10-13-29(14-11-18)17-6-2-3-7-17;/h4-5,8-9,12,15,17-18H,2-3,6-7,10-11,13-14H2,1H3,(H,24,26,27,28);1H. The van der Waals surface area contributed by atoms with E-state index in [9.17, 15) is 0 Å². The van der Waals surface area contributed by atoms with E-state index in [1.54, 1.807) is 12.4 Å². The number of piperidine rings is 1. The monoisotopic (exact) mass is 438 g/mol. The zero-order valence-corrected chi connectivity index (χ0v) is 18.6. The normalized spacial score (nSPS) is 18.4. The topological polar surface area (TPSA) is 76.1 Å². The molecule has 0 unspecified atom stereocenters. The van der Waals surface area contributed by atoms with Gasteiger partial charge in [-0.3, -0.25) is 0 Å². The summed E-state index contributed by atoms with van der Waals surface area (Å²) in [6, 6.07) is 8.64. The molecule has 5 rings (SSSR count). The number of nitrogens with one attached hydrogen (secondary N) is 1. The van der Waals surface area contributed by atoms with Crippen molar-refractivity contribution in [2.75, 3.05) is 18.4 Å². The number of rotatable bonds is 6. The SMILES string of the molecule is Cc1cccnc1Nc1nc(-c2ccc(OC3CCN(C4CCCC4)CC3)cn2)ns1.[HH]. The highest BCUT2D eigenvalue weighted by atomic mass is 32.1. The molecular formula is C23H30N6OS. The van der Waals surface area contributed by atoms with Gasteiger partial charge in [-0.25, -0.2) is 9.97 Å². The lowest BCUT2D eigenvalue weighted by Gasteiger charge is -2.35. The van der Waals surface area contributed by atoms with Gasteiger partial charge in [-0.1, -0.05) is 18.9 Å². The second kappa shape index (κ2) is 9.28. The maximum atomic E-state index is 6.21. The third kappa shape index (κ3) is 4.85. The summed E-state index contributed by atoms with van der Waals surface area (Å²) >= 11 is 1.30. The van der Waals surface area contributed by atoms with Crippen LogP contribution in [0.3, 0.4) is 0 Å². The van der Waals surface area contributed by atoms with E-state index in [0.29, 0.717) is 11.0 Å². The van der Waals surface area contributed by atoms with Crippen molar-refractivity contribution in [1.29, 1.82) is 0 Å². The maximum absolute atomic E-state index is 6.21. The molecule has 0 aromatic carbocycles. The van der Waals surface area contributed by atoms with E-state index >= 15 is 0 Å². The van der Waals surface area contributed by atoms with E-state index in [1.165, 1.54) is 37.2 Å². The molecule has 7 nitrogen and oxygen atoms in total. The van der Waals surface area contributed by atoms with Crippen LogP contribution in [0.2, 0.25) is 0 Å². The van der Waals surface area contributed by atoms with Crippen molar-refractivity contribution in [3.63, 3.8) is 0 Å². The van der Waals surface area contributed by atoms with Gasteiger partial charge in [-0.05, 0) is 56.4 Å².